The Labute approximate surface area is 118 Å². The van der Waals surface area contributed by atoms with Gasteiger partial charge >= 0.3 is 0 Å². The van der Waals surface area contributed by atoms with Gasteiger partial charge in [-0.25, -0.2) is 4.98 Å². The van der Waals surface area contributed by atoms with Gasteiger partial charge in [0.05, 0.1) is 36.3 Å². The molecule has 1 fully saturated rings. The van der Waals surface area contributed by atoms with Crippen LogP contribution in [0.4, 0.5) is 0 Å². The Kier molecular flexibility index (Phi) is 3.50. The van der Waals surface area contributed by atoms with Crippen LogP contribution in [0.1, 0.15) is 12.7 Å². The van der Waals surface area contributed by atoms with Crippen molar-refractivity contribution in [3.05, 3.63) is 30.1 Å². The zero-order chi connectivity index (χ0) is 14.2. The maximum absolute atomic E-state index is 6.26. The average Bonchev–Trinajstić information content (AvgIpc) is 2.99. The molecule has 0 radical (unpaired) electrons. The van der Waals surface area contributed by atoms with E-state index in [4.69, 9.17) is 20.2 Å². The number of nitrogens with two attached hydrogens (primary N) is 1. The van der Waals surface area contributed by atoms with E-state index in [9.17, 15) is 0 Å². The molecule has 5 nitrogen and oxygen atoms in total. The highest BCUT2D eigenvalue weighted by Crippen LogP contribution is 2.33. The van der Waals surface area contributed by atoms with Gasteiger partial charge in [0, 0.05) is 19.7 Å². The Bertz CT molecular complexity index is 610. The third kappa shape index (κ3) is 2.02. The van der Waals surface area contributed by atoms with E-state index in [1.165, 1.54) is 0 Å². The highest BCUT2D eigenvalue weighted by molar-refractivity contribution is 5.76. The van der Waals surface area contributed by atoms with Crippen LogP contribution >= 0.6 is 0 Å². The number of para-hydroxylation sites is 2. The van der Waals surface area contributed by atoms with Gasteiger partial charge in [-0.3, -0.25) is 0 Å². The van der Waals surface area contributed by atoms with Gasteiger partial charge in [-0.1, -0.05) is 12.1 Å². The highest BCUT2D eigenvalue weighted by Gasteiger charge is 2.43. The molecule has 2 unspecified atom stereocenters. The van der Waals surface area contributed by atoms with Gasteiger partial charge in [0.25, 0.3) is 0 Å². The molecule has 1 aliphatic rings. The number of rotatable bonds is 4. The second-order valence-corrected chi connectivity index (χ2v) is 5.61. The zero-order valence-electron chi connectivity index (χ0n) is 12.0. The standard InChI is InChI=1S/C15H21N3O2/c1-15(10-20-9-13(15)16)14-17-11-5-3-4-6-12(11)18(14)7-8-19-2/h3-6,13H,7-10,16H2,1-2H3. The van der Waals surface area contributed by atoms with Crippen molar-refractivity contribution < 1.29 is 9.47 Å². The van der Waals surface area contributed by atoms with Gasteiger partial charge in [-0.2, -0.15) is 0 Å². The van der Waals surface area contributed by atoms with Crippen LogP contribution in [0, 0.1) is 0 Å². The monoisotopic (exact) mass is 275 g/mol. The van der Waals surface area contributed by atoms with E-state index in [0.29, 0.717) is 19.8 Å². The van der Waals surface area contributed by atoms with Crippen LogP contribution in [0.3, 0.4) is 0 Å². The average molecular weight is 275 g/mol. The van der Waals surface area contributed by atoms with Gasteiger partial charge < -0.3 is 19.8 Å². The molecular formula is C15H21N3O2. The smallest absolute Gasteiger partial charge is 0.119 e. The van der Waals surface area contributed by atoms with Crippen LogP contribution < -0.4 is 5.73 Å². The number of hydrogen-bond donors (Lipinski definition) is 1. The molecule has 0 spiro atoms. The minimum absolute atomic E-state index is 0.0272. The van der Waals surface area contributed by atoms with Crippen LogP contribution in [0.25, 0.3) is 11.0 Å². The van der Waals surface area contributed by atoms with Crippen LogP contribution in [0.2, 0.25) is 0 Å². The molecular weight excluding hydrogens is 254 g/mol. The molecule has 3 rings (SSSR count). The lowest BCUT2D eigenvalue weighted by atomic mass is 9.85. The lowest BCUT2D eigenvalue weighted by molar-refractivity contribution is 0.172. The third-order valence-corrected chi connectivity index (χ3v) is 4.20. The number of benzene rings is 1. The van der Waals surface area contributed by atoms with Gasteiger partial charge in [0.15, 0.2) is 0 Å². The van der Waals surface area contributed by atoms with E-state index < -0.39 is 0 Å². The minimum atomic E-state index is -0.243. The van der Waals surface area contributed by atoms with Crippen molar-refractivity contribution in [1.82, 2.24) is 9.55 Å². The normalized spacial score (nSPS) is 26.4. The van der Waals surface area contributed by atoms with E-state index >= 15 is 0 Å². The van der Waals surface area contributed by atoms with Crippen LogP contribution in [0.5, 0.6) is 0 Å². The zero-order valence-corrected chi connectivity index (χ0v) is 12.0. The predicted octanol–water partition coefficient (Wildman–Crippen LogP) is 1.30. The Hall–Kier alpha value is -1.43. The first-order valence-electron chi connectivity index (χ1n) is 6.95. The van der Waals surface area contributed by atoms with Crippen molar-refractivity contribution >= 4 is 11.0 Å². The van der Waals surface area contributed by atoms with Crippen LogP contribution in [-0.4, -0.2) is 42.5 Å². The van der Waals surface area contributed by atoms with Crippen molar-refractivity contribution in [3.8, 4) is 0 Å². The fourth-order valence-corrected chi connectivity index (χ4v) is 2.84. The first-order chi connectivity index (χ1) is 9.66. The Morgan fingerprint density at radius 1 is 1.50 bits per heavy atom. The highest BCUT2D eigenvalue weighted by atomic mass is 16.5. The number of fused-ring (bicyclic) bond motifs is 1. The van der Waals surface area contributed by atoms with Gasteiger partial charge in [-0.15, -0.1) is 0 Å². The summed E-state index contributed by atoms with van der Waals surface area (Å²) in [5, 5.41) is 0. The maximum atomic E-state index is 6.26. The fraction of sp³-hybridized carbons (Fsp3) is 0.533. The second-order valence-electron chi connectivity index (χ2n) is 5.61. The van der Waals surface area contributed by atoms with Crippen molar-refractivity contribution in [1.29, 1.82) is 0 Å². The van der Waals surface area contributed by atoms with Gasteiger partial charge in [0.1, 0.15) is 5.82 Å². The summed E-state index contributed by atoms with van der Waals surface area (Å²) in [5.74, 6) is 1.00. The van der Waals surface area contributed by atoms with Crippen molar-refractivity contribution in [2.75, 3.05) is 26.9 Å². The largest absolute Gasteiger partial charge is 0.383 e. The summed E-state index contributed by atoms with van der Waals surface area (Å²) < 4.78 is 13.0. The molecule has 0 bridgehead atoms. The van der Waals surface area contributed by atoms with E-state index in [1.54, 1.807) is 7.11 Å². The molecule has 1 aromatic carbocycles. The minimum Gasteiger partial charge on any atom is -0.383 e. The summed E-state index contributed by atoms with van der Waals surface area (Å²) in [6.45, 7) is 4.76. The number of hydrogen-bond acceptors (Lipinski definition) is 4. The second kappa shape index (κ2) is 5.16. The molecule has 2 heterocycles. The van der Waals surface area contributed by atoms with Gasteiger partial charge in [-0.05, 0) is 19.1 Å². The Morgan fingerprint density at radius 2 is 2.30 bits per heavy atom. The summed E-state index contributed by atoms with van der Waals surface area (Å²) in [7, 11) is 1.71. The summed E-state index contributed by atoms with van der Waals surface area (Å²) in [4.78, 5) is 4.82. The molecule has 0 aliphatic carbocycles. The first-order valence-corrected chi connectivity index (χ1v) is 6.95. The summed E-state index contributed by atoms with van der Waals surface area (Å²) in [5.41, 5.74) is 8.14. The van der Waals surface area contributed by atoms with E-state index in [-0.39, 0.29) is 11.5 Å². The molecule has 0 amide bonds. The first kappa shape index (κ1) is 13.5. The summed E-state index contributed by atoms with van der Waals surface area (Å²) >= 11 is 0. The molecule has 1 aliphatic heterocycles. The molecule has 2 N–H and O–H groups in total. The maximum Gasteiger partial charge on any atom is 0.119 e. The topological polar surface area (TPSA) is 62.3 Å². The molecule has 108 valence electrons. The summed E-state index contributed by atoms with van der Waals surface area (Å²) in [6, 6.07) is 8.14. The lowest BCUT2D eigenvalue weighted by Gasteiger charge is -2.27. The van der Waals surface area contributed by atoms with Crippen LogP contribution in [-0.2, 0) is 21.4 Å². The Morgan fingerprint density at radius 3 is 3.00 bits per heavy atom. The number of methoxy groups -OCH3 is 1. The van der Waals surface area contributed by atoms with Crippen molar-refractivity contribution in [2.45, 2.75) is 24.9 Å². The molecule has 1 aromatic heterocycles. The molecule has 5 heteroatoms. The van der Waals surface area contributed by atoms with Gasteiger partial charge in [0.2, 0.25) is 0 Å². The third-order valence-electron chi connectivity index (χ3n) is 4.20. The summed E-state index contributed by atoms with van der Waals surface area (Å²) in [6.07, 6.45) is 0. The molecule has 2 aromatic rings. The Balaban J connectivity index is 2.13. The lowest BCUT2D eigenvalue weighted by Crippen LogP contribution is -2.44. The number of nitrogens with zero attached hydrogens (tertiary/aromatic N) is 2. The molecule has 20 heavy (non-hydrogen) atoms. The van der Waals surface area contributed by atoms with E-state index in [1.807, 2.05) is 18.2 Å². The van der Waals surface area contributed by atoms with Crippen molar-refractivity contribution in [2.24, 2.45) is 5.73 Å². The molecule has 1 saturated heterocycles. The van der Waals surface area contributed by atoms with Crippen LogP contribution in [0.15, 0.2) is 24.3 Å². The van der Waals surface area contributed by atoms with E-state index in [0.717, 1.165) is 23.4 Å². The van der Waals surface area contributed by atoms with E-state index in [2.05, 4.69) is 17.6 Å². The number of aromatic nitrogens is 2. The molecule has 2 atom stereocenters. The SMILES string of the molecule is COCCn1c(C2(C)COCC2N)nc2ccccc21. The quantitative estimate of drug-likeness (QED) is 0.913. The van der Waals surface area contributed by atoms with Crippen molar-refractivity contribution in [3.63, 3.8) is 0 Å². The molecule has 0 saturated carbocycles. The predicted molar refractivity (Wildman–Crippen MR) is 77.8 cm³/mol. The number of imidazole rings is 1. The number of ether oxygens (including phenoxy) is 2. The fourth-order valence-electron chi connectivity index (χ4n) is 2.84.